The zero-order valence-corrected chi connectivity index (χ0v) is 16.1. The van der Waals surface area contributed by atoms with Crippen molar-refractivity contribution < 1.29 is 4.52 Å². The van der Waals surface area contributed by atoms with Crippen LogP contribution < -0.4 is 5.56 Å². The molecule has 144 valence electrons. The Morgan fingerprint density at radius 1 is 1.14 bits per heavy atom. The van der Waals surface area contributed by atoms with Crippen molar-refractivity contribution in [2.24, 2.45) is 0 Å². The third kappa shape index (κ3) is 3.38. The van der Waals surface area contributed by atoms with E-state index >= 15 is 0 Å². The normalized spacial score (nSPS) is 15.4. The van der Waals surface area contributed by atoms with Gasteiger partial charge in [-0.2, -0.15) is 10.1 Å². The number of rotatable bonds is 5. The van der Waals surface area contributed by atoms with Gasteiger partial charge in [0.1, 0.15) is 11.2 Å². The summed E-state index contributed by atoms with van der Waals surface area (Å²) in [7, 11) is 0. The number of likely N-dealkylation sites (tertiary alicyclic amines) is 1. The number of hydrogen-bond donors (Lipinski definition) is 0. The molecule has 0 radical (unpaired) electrons. The van der Waals surface area contributed by atoms with Gasteiger partial charge in [-0.25, -0.2) is 4.52 Å². The fourth-order valence-corrected chi connectivity index (χ4v) is 4.26. The number of nitrogens with zero attached hydrogens (tertiary/aromatic N) is 6. The first kappa shape index (κ1) is 17.3. The summed E-state index contributed by atoms with van der Waals surface area (Å²) in [6.45, 7) is 3.09. The summed E-state index contributed by atoms with van der Waals surface area (Å²) in [6, 6.07) is 5.79. The highest BCUT2D eigenvalue weighted by molar-refractivity contribution is 7.13. The van der Waals surface area contributed by atoms with Crippen LogP contribution in [0.3, 0.4) is 0 Å². The van der Waals surface area contributed by atoms with Gasteiger partial charge in [0.15, 0.2) is 5.82 Å². The average Bonchev–Trinajstić information content (AvgIpc) is 3.45. The molecule has 0 spiro atoms. The van der Waals surface area contributed by atoms with E-state index in [0.29, 0.717) is 23.8 Å². The van der Waals surface area contributed by atoms with Crippen molar-refractivity contribution in [1.29, 1.82) is 0 Å². The minimum Gasteiger partial charge on any atom is -0.338 e. The zero-order valence-electron chi connectivity index (χ0n) is 15.3. The van der Waals surface area contributed by atoms with Gasteiger partial charge in [-0.05, 0) is 43.4 Å². The van der Waals surface area contributed by atoms with E-state index in [4.69, 9.17) is 4.52 Å². The lowest BCUT2D eigenvalue weighted by Gasteiger charge is -2.24. The van der Waals surface area contributed by atoms with E-state index in [1.54, 1.807) is 32.8 Å². The number of hydrogen-bond acceptors (Lipinski definition) is 7. The number of piperidine rings is 1. The maximum absolute atomic E-state index is 12.9. The summed E-state index contributed by atoms with van der Waals surface area (Å²) >= 11 is 1.60. The van der Waals surface area contributed by atoms with Crippen LogP contribution in [0.2, 0.25) is 0 Å². The maximum atomic E-state index is 12.9. The molecule has 0 aromatic carbocycles. The molecule has 1 aliphatic heterocycles. The molecule has 9 heteroatoms. The van der Waals surface area contributed by atoms with Crippen molar-refractivity contribution in [3.8, 4) is 10.6 Å². The summed E-state index contributed by atoms with van der Waals surface area (Å²) in [6.07, 6.45) is 7.22. The molecule has 0 amide bonds. The molecule has 5 heterocycles. The first-order valence-electron chi connectivity index (χ1n) is 9.43. The van der Waals surface area contributed by atoms with Crippen LogP contribution in [-0.4, -0.2) is 42.3 Å². The Labute approximate surface area is 165 Å². The number of thiophene rings is 1. The van der Waals surface area contributed by atoms with E-state index in [-0.39, 0.29) is 12.1 Å². The maximum Gasteiger partial charge on any atom is 0.277 e. The van der Waals surface area contributed by atoms with Crippen LogP contribution in [0.15, 0.2) is 45.3 Å². The summed E-state index contributed by atoms with van der Waals surface area (Å²) in [5.74, 6) is 1.12. The highest BCUT2D eigenvalue weighted by Crippen LogP contribution is 2.23. The quantitative estimate of drug-likeness (QED) is 0.516. The molecule has 0 atom stereocenters. The third-order valence-electron chi connectivity index (χ3n) is 5.01. The number of fused-ring (bicyclic) bond motifs is 1. The molecule has 0 bridgehead atoms. The largest absolute Gasteiger partial charge is 0.338 e. The molecule has 0 N–H and O–H groups in total. The van der Waals surface area contributed by atoms with Crippen LogP contribution in [-0.2, 0) is 13.1 Å². The fourth-order valence-electron chi connectivity index (χ4n) is 3.58. The lowest BCUT2D eigenvalue weighted by atomic mass is 10.1. The first-order chi connectivity index (χ1) is 13.8. The van der Waals surface area contributed by atoms with Crippen LogP contribution in [0.5, 0.6) is 0 Å². The molecular formula is C19H20N6O2S. The minimum absolute atomic E-state index is 0.125. The second-order valence-corrected chi connectivity index (χ2v) is 7.96. The van der Waals surface area contributed by atoms with Gasteiger partial charge in [-0.15, -0.1) is 11.3 Å². The van der Waals surface area contributed by atoms with Gasteiger partial charge < -0.3 is 9.09 Å². The van der Waals surface area contributed by atoms with Gasteiger partial charge in [0, 0.05) is 12.4 Å². The Morgan fingerprint density at radius 3 is 2.86 bits per heavy atom. The molecule has 28 heavy (non-hydrogen) atoms. The second kappa shape index (κ2) is 7.33. The van der Waals surface area contributed by atoms with Crippen LogP contribution >= 0.6 is 11.3 Å². The van der Waals surface area contributed by atoms with E-state index in [0.717, 1.165) is 23.7 Å². The van der Waals surface area contributed by atoms with E-state index in [9.17, 15) is 4.79 Å². The zero-order chi connectivity index (χ0) is 18.9. The van der Waals surface area contributed by atoms with Gasteiger partial charge >= 0.3 is 0 Å². The highest BCUT2D eigenvalue weighted by atomic mass is 32.1. The molecule has 0 saturated carbocycles. The molecule has 5 rings (SSSR count). The monoisotopic (exact) mass is 396 g/mol. The summed E-state index contributed by atoms with van der Waals surface area (Å²) in [4.78, 5) is 20.7. The van der Waals surface area contributed by atoms with E-state index in [2.05, 4.69) is 20.1 Å². The second-order valence-electron chi connectivity index (χ2n) is 7.01. The van der Waals surface area contributed by atoms with Crippen molar-refractivity contribution in [2.75, 3.05) is 13.1 Å². The Bertz CT molecular complexity index is 1140. The third-order valence-corrected chi connectivity index (χ3v) is 5.90. The Hall–Kier alpha value is -2.78. The Kier molecular flexibility index (Phi) is 4.53. The predicted octanol–water partition coefficient (Wildman–Crippen LogP) is 2.64. The van der Waals surface area contributed by atoms with Gasteiger partial charge in [0.2, 0.25) is 5.89 Å². The van der Waals surface area contributed by atoms with Crippen molar-refractivity contribution in [1.82, 2.24) is 29.2 Å². The molecule has 1 fully saturated rings. The molecule has 8 nitrogen and oxygen atoms in total. The lowest BCUT2D eigenvalue weighted by molar-refractivity contribution is 0.193. The van der Waals surface area contributed by atoms with Gasteiger partial charge in [0.05, 0.1) is 18.0 Å². The molecule has 0 aliphatic carbocycles. The lowest BCUT2D eigenvalue weighted by Crippen LogP contribution is -2.29. The van der Waals surface area contributed by atoms with Gasteiger partial charge in [0.25, 0.3) is 5.56 Å². The summed E-state index contributed by atoms with van der Waals surface area (Å²) in [5.41, 5.74) is 1.20. The van der Waals surface area contributed by atoms with E-state index in [1.165, 1.54) is 19.3 Å². The molecule has 1 aliphatic rings. The smallest absolute Gasteiger partial charge is 0.277 e. The van der Waals surface area contributed by atoms with Crippen LogP contribution in [0.1, 0.15) is 31.0 Å². The number of aromatic nitrogens is 5. The summed E-state index contributed by atoms with van der Waals surface area (Å²) in [5, 5.41) is 10.5. The van der Waals surface area contributed by atoms with Crippen molar-refractivity contribution in [3.63, 3.8) is 0 Å². The molecule has 1 saturated heterocycles. The predicted molar refractivity (Wildman–Crippen MR) is 105 cm³/mol. The Balaban J connectivity index is 1.36. The first-order valence-corrected chi connectivity index (χ1v) is 10.3. The van der Waals surface area contributed by atoms with Crippen LogP contribution in [0, 0.1) is 0 Å². The van der Waals surface area contributed by atoms with Gasteiger partial charge in [-0.1, -0.05) is 17.6 Å². The van der Waals surface area contributed by atoms with Crippen LogP contribution in [0.4, 0.5) is 0 Å². The van der Waals surface area contributed by atoms with E-state index < -0.39 is 0 Å². The topological polar surface area (TPSA) is 81.5 Å². The molecule has 0 unspecified atom stereocenters. The van der Waals surface area contributed by atoms with Crippen molar-refractivity contribution >= 4 is 16.9 Å². The van der Waals surface area contributed by atoms with Crippen molar-refractivity contribution in [3.05, 3.63) is 58.0 Å². The minimum atomic E-state index is -0.125. The summed E-state index contributed by atoms with van der Waals surface area (Å²) < 4.78 is 8.59. The SMILES string of the molecule is O=c1c2cc(-c3cccs3)nn2ccn1Cc1noc(CN2CCCCC2)n1. The molecule has 4 aromatic rings. The molecule has 4 aromatic heterocycles. The fraction of sp³-hybridized carbons (Fsp3) is 0.368. The standard InChI is InChI=1S/C19H20N6O2S/c26-19-15-11-14(16-5-4-10-28-16)21-25(15)9-8-24(19)12-17-20-18(27-22-17)13-23-6-2-1-3-7-23/h4-5,8-11H,1-3,6-7,12-13H2. The van der Waals surface area contributed by atoms with Gasteiger partial charge in [-0.3, -0.25) is 9.69 Å². The van der Waals surface area contributed by atoms with Crippen LogP contribution in [0.25, 0.3) is 16.1 Å². The Morgan fingerprint density at radius 2 is 2.04 bits per heavy atom. The highest BCUT2D eigenvalue weighted by Gasteiger charge is 2.16. The van der Waals surface area contributed by atoms with E-state index in [1.807, 2.05) is 23.6 Å². The van der Waals surface area contributed by atoms with Crippen molar-refractivity contribution in [2.45, 2.75) is 32.4 Å². The molecular weight excluding hydrogens is 376 g/mol. The average molecular weight is 396 g/mol.